The molecule has 1 aromatic heterocycles. The van der Waals surface area contributed by atoms with E-state index in [-0.39, 0.29) is 34.2 Å². The van der Waals surface area contributed by atoms with Gasteiger partial charge in [0.25, 0.3) is 0 Å². The molecule has 1 aliphatic heterocycles. The van der Waals surface area contributed by atoms with Crippen LogP contribution < -0.4 is 10.2 Å². The first-order chi connectivity index (χ1) is 28.6. The van der Waals surface area contributed by atoms with Crippen LogP contribution in [0, 0.1) is 0 Å². The standard InChI is InChI=1S/C43H36O17/c1-22(44)54-21-33-39(58-34(51)17-7-24-3-11-27(46)12-4-24)41(55-23(2)45)42(59-35(52)18-8-25-5-13-28(47)14-6-25)43(57-33)60-40-37(53)36-31(50)19-30(49)20-32(36)56-38(40)26-9-15-29(48)16-10-26/h3-20,33,39,41-43,46-50H,21H2,1-2H3/b17-7+,18-8+/t33-,39-,41+,42-,43+/m1/s1. The number of esters is 4. The Bertz CT molecular complexity index is 2500. The zero-order valence-corrected chi connectivity index (χ0v) is 31.6. The minimum atomic E-state index is -1.97. The molecule has 60 heavy (non-hydrogen) atoms. The second kappa shape index (κ2) is 18.2. The van der Waals surface area contributed by atoms with Crippen LogP contribution in [0.15, 0.2) is 106 Å². The SMILES string of the molecule is CC(=O)OC[C@H]1O[C@@H](Oc2c(-c3ccc(O)cc3)oc3cc(O)cc(O)c3c2=O)[C@H](OC(=O)/C=C/c2ccc(O)cc2)[C@@H](OC(C)=O)[C@@H]1OC(=O)/C=C/c1ccc(O)cc1. The van der Waals surface area contributed by atoms with Gasteiger partial charge in [0, 0.05) is 43.7 Å². The number of carbonyl (C=O) groups excluding carboxylic acids is 4. The number of hydrogen-bond donors (Lipinski definition) is 5. The maximum Gasteiger partial charge on any atom is 0.331 e. The first-order valence-electron chi connectivity index (χ1n) is 18.0. The van der Waals surface area contributed by atoms with Gasteiger partial charge < -0.3 is 58.4 Å². The van der Waals surface area contributed by atoms with E-state index in [0.717, 1.165) is 38.1 Å². The van der Waals surface area contributed by atoms with Crippen molar-refractivity contribution in [2.45, 2.75) is 44.6 Å². The highest BCUT2D eigenvalue weighted by Gasteiger charge is 2.54. The van der Waals surface area contributed by atoms with Crippen molar-refractivity contribution in [1.82, 2.24) is 0 Å². The van der Waals surface area contributed by atoms with Crippen LogP contribution in [0.4, 0.5) is 0 Å². The van der Waals surface area contributed by atoms with Crippen LogP contribution in [0.2, 0.25) is 0 Å². The molecule has 17 heteroatoms. The van der Waals surface area contributed by atoms with Gasteiger partial charge in [0.2, 0.25) is 23.6 Å². The molecule has 17 nitrogen and oxygen atoms in total. The maximum atomic E-state index is 14.3. The van der Waals surface area contributed by atoms with Gasteiger partial charge in [-0.3, -0.25) is 14.4 Å². The van der Waals surface area contributed by atoms with Gasteiger partial charge in [-0.25, -0.2) is 9.59 Å². The summed E-state index contributed by atoms with van der Waals surface area (Å²) in [6.07, 6.45) is -4.23. The summed E-state index contributed by atoms with van der Waals surface area (Å²) in [5.41, 5.74) is -0.228. The molecule has 1 aliphatic rings. The third kappa shape index (κ3) is 10.2. The molecule has 2 heterocycles. The Hall–Kier alpha value is -7.79. The number of ether oxygens (including phenoxy) is 6. The fraction of sp³-hybridized carbons (Fsp3) is 0.186. The van der Waals surface area contributed by atoms with Crippen molar-refractivity contribution in [2.75, 3.05) is 6.61 Å². The van der Waals surface area contributed by atoms with Crippen molar-refractivity contribution in [2.24, 2.45) is 0 Å². The summed E-state index contributed by atoms with van der Waals surface area (Å²) in [5.74, 6) is -6.23. The second-order valence-corrected chi connectivity index (χ2v) is 13.2. The van der Waals surface area contributed by atoms with Crippen LogP contribution in [-0.4, -0.2) is 86.7 Å². The lowest BCUT2D eigenvalue weighted by Gasteiger charge is -2.43. The third-order valence-electron chi connectivity index (χ3n) is 8.74. The molecule has 1 saturated heterocycles. The van der Waals surface area contributed by atoms with Gasteiger partial charge in [0.1, 0.15) is 52.4 Å². The predicted octanol–water partition coefficient (Wildman–Crippen LogP) is 4.84. The second-order valence-electron chi connectivity index (χ2n) is 13.2. The van der Waals surface area contributed by atoms with Crippen LogP contribution in [0.25, 0.3) is 34.4 Å². The van der Waals surface area contributed by atoms with E-state index in [1.165, 1.54) is 84.9 Å². The van der Waals surface area contributed by atoms with E-state index < -0.39 is 89.3 Å². The first kappa shape index (κ1) is 41.8. The van der Waals surface area contributed by atoms with E-state index in [4.69, 9.17) is 32.8 Å². The number of carbonyl (C=O) groups is 4. The van der Waals surface area contributed by atoms with E-state index in [1.54, 1.807) is 0 Å². The normalized spacial score (nSPS) is 18.9. The van der Waals surface area contributed by atoms with Gasteiger partial charge in [-0.15, -0.1) is 0 Å². The Morgan fingerprint density at radius 1 is 0.650 bits per heavy atom. The molecule has 1 fully saturated rings. The van der Waals surface area contributed by atoms with Gasteiger partial charge in [0.05, 0.1) is 0 Å². The van der Waals surface area contributed by atoms with Crippen molar-refractivity contribution in [3.05, 3.63) is 118 Å². The highest BCUT2D eigenvalue weighted by Crippen LogP contribution is 2.38. The summed E-state index contributed by atoms with van der Waals surface area (Å²) in [6, 6.07) is 18.7. The lowest BCUT2D eigenvalue weighted by Crippen LogP contribution is -2.63. The quantitative estimate of drug-likeness (QED) is 0.0641. The molecule has 0 aliphatic carbocycles. The molecule has 0 unspecified atom stereocenters. The summed E-state index contributed by atoms with van der Waals surface area (Å²) < 4.78 is 40.8. The topological polar surface area (TPSA) is 255 Å². The number of fused-ring (bicyclic) bond motifs is 1. The summed E-state index contributed by atoms with van der Waals surface area (Å²) in [4.78, 5) is 66.0. The fourth-order valence-corrected chi connectivity index (χ4v) is 6.04. The lowest BCUT2D eigenvalue weighted by molar-refractivity contribution is -0.287. The van der Waals surface area contributed by atoms with E-state index >= 15 is 0 Å². The van der Waals surface area contributed by atoms with Crippen LogP contribution in [0.5, 0.6) is 34.5 Å². The molecule has 0 amide bonds. The minimum Gasteiger partial charge on any atom is -0.508 e. The van der Waals surface area contributed by atoms with E-state index in [9.17, 15) is 49.5 Å². The largest absolute Gasteiger partial charge is 0.508 e. The molecule has 0 bridgehead atoms. The number of phenols is 5. The average Bonchev–Trinajstić information content (AvgIpc) is 3.19. The van der Waals surface area contributed by atoms with Crippen molar-refractivity contribution in [3.63, 3.8) is 0 Å². The minimum absolute atomic E-state index is 0.0189. The smallest absolute Gasteiger partial charge is 0.331 e. The Morgan fingerprint density at radius 3 is 1.72 bits per heavy atom. The van der Waals surface area contributed by atoms with E-state index in [0.29, 0.717) is 11.1 Å². The lowest BCUT2D eigenvalue weighted by atomic mass is 9.98. The van der Waals surface area contributed by atoms with Crippen molar-refractivity contribution in [3.8, 4) is 45.8 Å². The highest BCUT2D eigenvalue weighted by molar-refractivity contribution is 5.89. The van der Waals surface area contributed by atoms with Crippen molar-refractivity contribution < 1.29 is 77.5 Å². The molecule has 5 atom stereocenters. The van der Waals surface area contributed by atoms with E-state index in [1.807, 2.05) is 0 Å². The summed E-state index contributed by atoms with van der Waals surface area (Å²) in [7, 11) is 0. The van der Waals surface area contributed by atoms with Gasteiger partial charge in [-0.2, -0.15) is 0 Å². The molecule has 6 rings (SSSR count). The fourth-order valence-electron chi connectivity index (χ4n) is 6.04. The highest BCUT2D eigenvalue weighted by atomic mass is 16.7. The van der Waals surface area contributed by atoms with Crippen molar-refractivity contribution in [1.29, 1.82) is 0 Å². The number of benzene rings is 4. The number of rotatable bonds is 12. The third-order valence-corrected chi connectivity index (χ3v) is 8.74. The molecule has 310 valence electrons. The number of aromatic hydroxyl groups is 5. The van der Waals surface area contributed by atoms with Gasteiger partial charge in [0.15, 0.2) is 18.0 Å². The van der Waals surface area contributed by atoms with E-state index in [2.05, 4.69) is 0 Å². The maximum absolute atomic E-state index is 14.3. The first-order valence-corrected chi connectivity index (χ1v) is 18.0. The Balaban J connectivity index is 1.47. The zero-order chi connectivity index (χ0) is 43.1. The Labute approximate surface area is 339 Å². The Morgan fingerprint density at radius 2 is 1.18 bits per heavy atom. The van der Waals surface area contributed by atoms with Crippen LogP contribution in [0.3, 0.4) is 0 Å². The summed E-state index contributed by atoms with van der Waals surface area (Å²) >= 11 is 0. The molecule has 5 N–H and O–H groups in total. The van der Waals surface area contributed by atoms with Crippen molar-refractivity contribution >= 4 is 47.0 Å². The molecule has 0 spiro atoms. The van der Waals surface area contributed by atoms with Gasteiger partial charge in [-0.1, -0.05) is 24.3 Å². The molecule has 0 radical (unpaired) electrons. The monoisotopic (exact) mass is 824 g/mol. The van der Waals surface area contributed by atoms with Crippen LogP contribution in [0.1, 0.15) is 25.0 Å². The van der Waals surface area contributed by atoms with Gasteiger partial charge >= 0.3 is 23.9 Å². The molecule has 5 aromatic rings. The molecular formula is C43H36O17. The summed E-state index contributed by atoms with van der Waals surface area (Å²) in [6.45, 7) is 1.44. The Kier molecular flexibility index (Phi) is 12.7. The number of hydrogen-bond acceptors (Lipinski definition) is 17. The molecular weight excluding hydrogens is 788 g/mol. The summed E-state index contributed by atoms with van der Waals surface area (Å²) in [5, 5.41) is 49.8. The molecule has 4 aromatic carbocycles. The average molecular weight is 825 g/mol. The number of phenolic OH excluding ortho intramolecular Hbond substituents is 5. The van der Waals surface area contributed by atoms with Crippen LogP contribution >= 0.6 is 0 Å². The molecule has 0 saturated carbocycles. The van der Waals surface area contributed by atoms with Crippen LogP contribution in [-0.2, 0) is 42.9 Å². The zero-order valence-electron chi connectivity index (χ0n) is 31.6. The predicted molar refractivity (Wildman–Crippen MR) is 208 cm³/mol. The van der Waals surface area contributed by atoms with Gasteiger partial charge in [-0.05, 0) is 71.8 Å².